The van der Waals surface area contributed by atoms with Crippen molar-refractivity contribution in [1.29, 1.82) is 0 Å². The lowest BCUT2D eigenvalue weighted by Gasteiger charge is -2.19. The van der Waals surface area contributed by atoms with Crippen molar-refractivity contribution < 1.29 is 52.4 Å². The molecule has 382 valence electrons. The number of carbonyl (C=O) groups excluding carboxylic acids is 5. The van der Waals surface area contributed by atoms with Crippen LogP contribution in [0.15, 0.2) is 0 Å². The van der Waals surface area contributed by atoms with Crippen LogP contribution in [0.25, 0.3) is 0 Å². The summed E-state index contributed by atoms with van der Waals surface area (Å²) in [6.07, 6.45) is 30.7. The molecule has 12 heteroatoms. The van der Waals surface area contributed by atoms with E-state index in [1.165, 1.54) is 89.9 Å². The van der Waals surface area contributed by atoms with E-state index in [-0.39, 0.29) is 69.7 Å². The van der Waals surface area contributed by atoms with Gasteiger partial charge in [-0.05, 0) is 70.9 Å². The summed E-state index contributed by atoms with van der Waals surface area (Å²) in [5, 5.41) is 0. The van der Waals surface area contributed by atoms with E-state index in [9.17, 15) is 24.0 Å². The van der Waals surface area contributed by atoms with Crippen LogP contribution in [0.5, 0.6) is 0 Å². The molecule has 65 heavy (non-hydrogen) atoms. The third-order valence-corrected chi connectivity index (χ3v) is 12.0. The molecule has 0 rings (SSSR count). The molecule has 0 aliphatic carbocycles. The van der Waals surface area contributed by atoms with Crippen LogP contribution in [0.2, 0.25) is 0 Å². The molecule has 0 saturated heterocycles. The lowest BCUT2D eigenvalue weighted by atomic mass is 10.0. The van der Waals surface area contributed by atoms with E-state index in [0.717, 1.165) is 96.7 Å². The van der Waals surface area contributed by atoms with Gasteiger partial charge in [-0.15, -0.1) is 0 Å². The molecule has 0 heterocycles. The Labute approximate surface area is 397 Å². The fraction of sp³-hybridized carbons (Fsp3) is 0.906. The molecule has 0 aromatic rings. The first kappa shape index (κ1) is 62.1. The van der Waals surface area contributed by atoms with Gasteiger partial charge in [-0.2, -0.15) is 0 Å². The fourth-order valence-corrected chi connectivity index (χ4v) is 7.67. The molecule has 0 aliphatic rings. The SMILES string of the molecule is CCCCCCCCCCOC(=O)CCCCCCCC(=O)OCC(COC(=O)CCCC(=O)OC(CCCCCCCC)CCCCCCCC)COC(=O)OCCCN(CC)CC. The Balaban J connectivity index is 4.73. The molecule has 0 radical (unpaired) electrons. The zero-order chi connectivity index (χ0) is 47.9. The third-order valence-electron chi connectivity index (χ3n) is 12.0. The number of unbranched alkanes of at least 4 members (excludes halogenated alkanes) is 21. The van der Waals surface area contributed by atoms with E-state index >= 15 is 0 Å². The van der Waals surface area contributed by atoms with E-state index < -0.39 is 18.0 Å². The monoisotopic (exact) mass is 926 g/mol. The highest BCUT2D eigenvalue weighted by Gasteiger charge is 2.20. The van der Waals surface area contributed by atoms with Crippen molar-refractivity contribution in [2.45, 2.75) is 253 Å². The molecular formula is C53H99NO11. The van der Waals surface area contributed by atoms with E-state index in [1.807, 2.05) is 0 Å². The summed E-state index contributed by atoms with van der Waals surface area (Å²) in [4.78, 5) is 64.9. The maximum atomic E-state index is 12.9. The van der Waals surface area contributed by atoms with Crippen LogP contribution >= 0.6 is 0 Å². The van der Waals surface area contributed by atoms with Gasteiger partial charge in [0.1, 0.15) is 25.9 Å². The average molecular weight is 926 g/mol. The summed E-state index contributed by atoms with van der Waals surface area (Å²) in [6, 6.07) is 0. The van der Waals surface area contributed by atoms with Gasteiger partial charge in [0.15, 0.2) is 0 Å². The van der Waals surface area contributed by atoms with Crippen LogP contribution < -0.4 is 0 Å². The minimum Gasteiger partial charge on any atom is -0.466 e. The first-order chi connectivity index (χ1) is 31.7. The predicted molar refractivity (Wildman–Crippen MR) is 261 cm³/mol. The maximum Gasteiger partial charge on any atom is 0.508 e. The Morgan fingerprint density at radius 1 is 0.369 bits per heavy atom. The highest BCUT2D eigenvalue weighted by Crippen LogP contribution is 2.19. The number of esters is 4. The lowest BCUT2D eigenvalue weighted by Crippen LogP contribution is -2.27. The molecule has 0 aliphatic heterocycles. The minimum atomic E-state index is -0.825. The summed E-state index contributed by atoms with van der Waals surface area (Å²) in [5.41, 5.74) is 0. The third kappa shape index (κ3) is 43.4. The van der Waals surface area contributed by atoms with E-state index in [1.54, 1.807) is 0 Å². The Morgan fingerprint density at radius 2 is 0.754 bits per heavy atom. The quantitative estimate of drug-likeness (QED) is 0.0325. The molecule has 1 atom stereocenters. The summed E-state index contributed by atoms with van der Waals surface area (Å²) >= 11 is 0. The Kier molecular flexibility index (Phi) is 45.5. The predicted octanol–water partition coefficient (Wildman–Crippen LogP) is 13.6. The van der Waals surface area contributed by atoms with Gasteiger partial charge < -0.3 is 33.3 Å². The molecule has 12 nitrogen and oxygen atoms in total. The average Bonchev–Trinajstić information content (AvgIpc) is 3.29. The Morgan fingerprint density at radius 3 is 1.25 bits per heavy atom. The smallest absolute Gasteiger partial charge is 0.466 e. The number of nitrogens with zero attached hydrogens (tertiary/aromatic N) is 1. The molecule has 0 spiro atoms. The topological polar surface area (TPSA) is 144 Å². The Hall–Kier alpha value is -2.89. The molecule has 0 aromatic carbocycles. The van der Waals surface area contributed by atoms with Gasteiger partial charge in [0.25, 0.3) is 0 Å². The summed E-state index contributed by atoms with van der Waals surface area (Å²) in [7, 11) is 0. The maximum absolute atomic E-state index is 12.9. The summed E-state index contributed by atoms with van der Waals surface area (Å²) < 4.78 is 32.9. The van der Waals surface area contributed by atoms with Crippen molar-refractivity contribution in [3.05, 3.63) is 0 Å². The number of ether oxygens (including phenoxy) is 6. The molecule has 0 aromatic heterocycles. The largest absolute Gasteiger partial charge is 0.508 e. The number of rotatable bonds is 48. The van der Waals surface area contributed by atoms with Crippen molar-refractivity contribution in [2.75, 3.05) is 52.7 Å². The zero-order valence-electron chi connectivity index (χ0n) is 42.6. The fourth-order valence-electron chi connectivity index (χ4n) is 7.67. The van der Waals surface area contributed by atoms with Crippen LogP contribution in [0.1, 0.15) is 247 Å². The second kappa shape index (κ2) is 47.6. The van der Waals surface area contributed by atoms with Crippen LogP contribution in [0.3, 0.4) is 0 Å². The van der Waals surface area contributed by atoms with Crippen molar-refractivity contribution in [3.8, 4) is 0 Å². The van der Waals surface area contributed by atoms with Gasteiger partial charge in [0.2, 0.25) is 0 Å². The molecule has 0 bridgehead atoms. The van der Waals surface area contributed by atoms with Gasteiger partial charge in [-0.1, -0.05) is 163 Å². The van der Waals surface area contributed by atoms with Gasteiger partial charge in [0.05, 0.1) is 19.1 Å². The van der Waals surface area contributed by atoms with E-state index in [4.69, 9.17) is 28.4 Å². The minimum absolute atomic E-state index is 0.0388. The number of hydrogen-bond donors (Lipinski definition) is 0. The standard InChI is InChI=1S/C53H99NO11/c1-6-11-14-17-20-21-27-32-42-60-49(55)37-30-25-22-26-31-38-50(56)62-44-47(46-64-53(59)61-43-34-41-54(9-4)10-5)45-63-51(57)39-33-40-52(58)65-48(35-28-23-18-15-12-7-2)36-29-24-19-16-13-8-3/h47-48H,6-46H2,1-5H3. The van der Waals surface area contributed by atoms with Gasteiger partial charge in [-0.3, -0.25) is 19.2 Å². The number of carbonyl (C=O) groups is 5. The van der Waals surface area contributed by atoms with E-state index in [0.29, 0.717) is 32.3 Å². The van der Waals surface area contributed by atoms with Crippen molar-refractivity contribution in [2.24, 2.45) is 5.92 Å². The first-order valence-corrected chi connectivity index (χ1v) is 26.9. The van der Waals surface area contributed by atoms with E-state index in [2.05, 4.69) is 39.5 Å². The summed E-state index contributed by atoms with van der Waals surface area (Å²) in [5.74, 6) is -1.87. The van der Waals surface area contributed by atoms with Crippen LogP contribution in [-0.2, 0) is 47.6 Å². The molecule has 1 unspecified atom stereocenters. The molecule has 0 amide bonds. The molecule has 0 N–H and O–H groups in total. The van der Waals surface area contributed by atoms with Gasteiger partial charge in [0, 0.05) is 32.2 Å². The second-order valence-corrected chi connectivity index (χ2v) is 18.1. The molecule has 0 saturated carbocycles. The van der Waals surface area contributed by atoms with Gasteiger partial charge >= 0.3 is 30.0 Å². The highest BCUT2D eigenvalue weighted by atomic mass is 16.7. The second-order valence-electron chi connectivity index (χ2n) is 18.1. The van der Waals surface area contributed by atoms with Crippen molar-refractivity contribution >= 4 is 30.0 Å². The Bertz CT molecular complexity index is 1120. The van der Waals surface area contributed by atoms with Crippen molar-refractivity contribution in [1.82, 2.24) is 4.90 Å². The lowest BCUT2D eigenvalue weighted by molar-refractivity contribution is -0.151. The zero-order valence-corrected chi connectivity index (χ0v) is 42.6. The first-order valence-electron chi connectivity index (χ1n) is 26.9. The van der Waals surface area contributed by atoms with Crippen molar-refractivity contribution in [3.63, 3.8) is 0 Å². The van der Waals surface area contributed by atoms with Crippen LogP contribution in [0, 0.1) is 5.92 Å². The normalized spacial score (nSPS) is 11.7. The number of hydrogen-bond acceptors (Lipinski definition) is 12. The van der Waals surface area contributed by atoms with Gasteiger partial charge in [-0.25, -0.2) is 4.79 Å². The highest BCUT2D eigenvalue weighted by molar-refractivity contribution is 5.72. The molecule has 0 fully saturated rings. The summed E-state index contributed by atoms with van der Waals surface area (Å²) in [6.45, 7) is 13.8. The molecular weight excluding hydrogens is 827 g/mol. The van der Waals surface area contributed by atoms with Crippen LogP contribution in [-0.4, -0.2) is 93.7 Å². The van der Waals surface area contributed by atoms with Crippen LogP contribution in [0.4, 0.5) is 4.79 Å².